The molecule has 4 fully saturated rings. The maximum atomic E-state index is 13.8. The predicted octanol–water partition coefficient (Wildman–Crippen LogP) is 1.81. The van der Waals surface area contributed by atoms with E-state index in [2.05, 4.69) is 28.1 Å². The number of sulfone groups is 1. The van der Waals surface area contributed by atoms with Gasteiger partial charge in [0.25, 0.3) is 0 Å². The minimum atomic E-state index is -3.80. The number of nitrogens with zero attached hydrogens (tertiary/aromatic N) is 4. The van der Waals surface area contributed by atoms with Crippen LogP contribution in [0.5, 0.6) is 0 Å². The topological polar surface area (TPSA) is 114 Å². The summed E-state index contributed by atoms with van der Waals surface area (Å²) >= 11 is 5.95. The van der Waals surface area contributed by atoms with Crippen LogP contribution in [0.15, 0.2) is 29.2 Å². The second-order valence-corrected chi connectivity index (χ2v) is 13.4. The number of halogens is 1. The summed E-state index contributed by atoms with van der Waals surface area (Å²) in [5.74, 6) is -0.622. The molecule has 3 aliphatic heterocycles. The first-order chi connectivity index (χ1) is 17.7. The van der Waals surface area contributed by atoms with Crippen LogP contribution in [0.25, 0.3) is 0 Å². The fourth-order valence-corrected chi connectivity index (χ4v) is 7.73. The summed E-state index contributed by atoms with van der Waals surface area (Å²) in [6, 6.07) is 7.18. The summed E-state index contributed by atoms with van der Waals surface area (Å²) in [5.41, 5.74) is -0.894. The molecule has 3 atom stereocenters. The number of benzene rings is 1. The van der Waals surface area contributed by atoms with Crippen molar-refractivity contribution in [2.75, 3.05) is 32.7 Å². The zero-order chi connectivity index (χ0) is 26.4. The Morgan fingerprint density at radius 2 is 1.78 bits per heavy atom. The van der Waals surface area contributed by atoms with Gasteiger partial charge in [-0.25, -0.2) is 8.42 Å². The van der Waals surface area contributed by atoms with E-state index in [1.807, 2.05) is 0 Å². The molecule has 1 aromatic rings. The lowest BCUT2D eigenvalue weighted by Crippen LogP contribution is -2.63. The standard InChI is InChI=1S/C26H34ClN5O4S/c1-2-30-12-7-19(8-13-30)31-14-9-22(31)25(34)32-16-21(37(35,36)20-5-3-18(27)4-6-20)15-23(32)24(33)29-26(17-28)10-11-26/h3-6,19,21-23H,2,7-16H2,1H3,(H,29,33)/t21-,22?,23+/m1/s1. The molecule has 1 saturated carbocycles. The van der Waals surface area contributed by atoms with Crippen molar-refractivity contribution >= 4 is 33.3 Å². The molecule has 11 heteroatoms. The van der Waals surface area contributed by atoms with Crippen LogP contribution in [-0.4, -0.2) is 96.6 Å². The number of amides is 2. The molecule has 0 bridgehead atoms. The molecule has 5 rings (SSSR count). The molecule has 1 aliphatic carbocycles. The van der Waals surface area contributed by atoms with Gasteiger partial charge in [0, 0.05) is 24.2 Å². The highest BCUT2D eigenvalue weighted by molar-refractivity contribution is 7.92. The fraction of sp³-hybridized carbons (Fsp3) is 0.654. The normalized spacial score (nSPS) is 28.4. The van der Waals surface area contributed by atoms with E-state index >= 15 is 0 Å². The van der Waals surface area contributed by atoms with Crippen LogP contribution < -0.4 is 5.32 Å². The minimum absolute atomic E-state index is 0.00561. The zero-order valence-corrected chi connectivity index (χ0v) is 22.7. The van der Waals surface area contributed by atoms with Gasteiger partial charge in [0.05, 0.1) is 22.3 Å². The Hall–Kier alpha value is -2.19. The Balaban J connectivity index is 1.35. The van der Waals surface area contributed by atoms with E-state index in [9.17, 15) is 23.3 Å². The number of hydrogen-bond donors (Lipinski definition) is 1. The van der Waals surface area contributed by atoms with Crippen LogP contribution in [0, 0.1) is 11.3 Å². The lowest BCUT2D eigenvalue weighted by Gasteiger charge is -2.49. The molecule has 0 radical (unpaired) electrons. The van der Waals surface area contributed by atoms with Gasteiger partial charge >= 0.3 is 0 Å². The Bertz CT molecular complexity index is 1190. The maximum Gasteiger partial charge on any atom is 0.244 e. The molecule has 1 aromatic carbocycles. The van der Waals surface area contributed by atoms with Crippen molar-refractivity contribution in [2.45, 2.75) is 79.3 Å². The highest BCUT2D eigenvalue weighted by atomic mass is 35.5. The number of piperidine rings is 1. The van der Waals surface area contributed by atoms with Crippen LogP contribution in [0.2, 0.25) is 5.02 Å². The molecule has 37 heavy (non-hydrogen) atoms. The third-order valence-corrected chi connectivity index (χ3v) is 11.0. The number of rotatable bonds is 7. The quantitative estimate of drug-likeness (QED) is 0.554. The van der Waals surface area contributed by atoms with Gasteiger partial charge in [-0.15, -0.1) is 0 Å². The molecule has 1 N–H and O–H groups in total. The highest BCUT2D eigenvalue weighted by Gasteiger charge is 2.52. The number of carbonyl (C=O) groups is 2. The van der Waals surface area contributed by atoms with Gasteiger partial charge in [0.15, 0.2) is 9.84 Å². The first-order valence-electron chi connectivity index (χ1n) is 13.2. The van der Waals surface area contributed by atoms with Gasteiger partial charge in [0.2, 0.25) is 11.8 Å². The fourth-order valence-electron chi connectivity index (χ4n) is 5.91. The summed E-state index contributed by atoms with van der Waals surface area (Å²) in [6.07, 6.45) is 3.84. The van der Waals surface area contributed by atoms with Crippen molar-refractivity contribution in [3.8, 4) is 6.07 Å². The van der Waals surface area contributed by atoms with Gasteiger partial charge in [-0.2, -0.15) is 5.26 Å². The van der Waals surface area contributed by atoms with Crippen molar-refractivity contribution in [1.82, 2.24) is 20.0 Å². The van der Waals surface area contributed by atoms with Gasteiger partial charge in [-0.3, -0.25) is 14.5 Å². The number of nitrogens with one attached hydrogen (secondary N) is 1. The molecular weight excluding hydrogens is 514 g/mol. The Labute approximate surface area is 223 Å². The van der Waals surface area contributed by atoms with Crippen molar-refractivity contribution in [3.05, 3.63) is 29.3 Å². The Morgan fingerprint density at radius 3 is 2.32 bits per heavy atom. The maximum absolute atomic E-state index is 13.8. The van der Waals surface area contributed by atoms with E-state index in [1.54, 1.807) is 0 Å². The van der Waals surface area contributed by atoms with Crippen LogP contribution in [0.4, 0.5) is 0 Å². The lowest BCUT2D eigenvalue weighted by molar-refractivity contribution is -0.149. The van der Waals surface area contributed by atoms with E-state index in [0.717, 1.165) is 39.0 Å². The SMILES string of the molecule is CCN1CCC(N2CCC2C(=O)N2C[C@H](S(=O)(=O)c3ccc(Cl)cc3)C[C@H]2C(=O)NC2(C#N)CC2)CC1. The number of carbonyl (C=O) groups excluding carboxylic acids is 2. The number of nitriles is 1. The van der Waals surface area contributed by atoms with Crippen LogP contribution in [-0.2, 0) is 19.4 Å². The van der Waals surface area contributed by atoms with Crippen LogP contribution >= 0.6 is 11.6 Å². The molecular formula is C26H34ClN5O4S. The van der Waals surface area contributed by atoms with E-state index in [0.29, 0.717) is 30.3 Å². The molecule has 1 unspecified atom stereocenters. The van der Waals surface area contributed by atoms with E-state index in [-0.39, 0.29) is 29.8 Å². The first-order valence-corrected chi connectivity index (χ1v) is 15.1. The Kier molecular flexibility index (Phi) is 7.26. The highest BCUT2D eigenvalue weighted by Crippen LogP contribution is 2.37. The molecule has 9 nitrogen and oxygen atoms in total. The van der Waals surface area contributed by atoms with Crippen LogP contribution in [0.1, 0.15) is 45.4 Å². The molecule has 0 spiro atoms. The largest absolute Gasteiger partial charge is 0.336 e. The van der Waals surface area contributed by atoms with Gasteiger partial charge in [-0.1, -0.05) is 18.5 Å². The Morgan fingerprint density at radius 1 is 1.11 bits per heavy atom. The van der Waals surface area contributed by atoms with Crippen molar-refractivity contribution < 1.29 is 18.0 Å². The summed E-state index contributed by atoms with van der Waals surface area (Å²) in [6.45, 7) is 5.98. The average Bonchev–Trinajstić information content (AvgIpc) is 3.48. The molecule has 0 aromatic heterocycles. The third-order valence-electron chi connectivity index (χ3n) is 8.58. The molecule has 4 aliphatic rings. The molecule has 200 valence electrons. The number of hydrogen-bond acceptors (Lipinski definition) is 7. The number of likely N-dealkylation sites (tertiary alicyclic amines) is 3. The summed E-state index contributed by atoms with van der Waals surface area (Å²) < 4.78 is 27.0. The van der Waals surface area contributed by atoms with Crippen LogP contribution in [0.3, 0.4) is 0 Å². The minimum Gasteiger partial charge on any atom is -0.336 e. The van der Waals surface area contributed by atoms with Crippen molar-refractivity contribution in [3.63, 3.8) is 0 Å². The van der Waals surface area contributed by atoms with E-state index in [4.69, 9.17) is 11.6 Å². The zero-order valence-electron chi connectivity index (χ0n) is 21.1. The summed E-state index contributed by atoms with van der Waals surface area (Å²) in [5, 5.41) is 11.8. The second-order valence-electron chi connectivity index (χ2n) is 10.8. The van der Waals surface area contributed by atoms with E-state index in [1.165, 1.54) is 29.2 Å². The van der Waals surface area contributed by atoms with Gasteiger partial charge < -0.3 is 15.1 Å². The summed E-state index contributed by atoms with van der Waals surface area (Å²) in [4.78, 5) is 33.4. The first kappa shape index (κ1) is 26.4. The van der Waals surface area contributed by atoms with Crippen molar-refractivity contribution in [1.29, 1.82) is 5.26 Å². The predicted molar refractivity (Wildman–Crippen MR) is 139 cm³/mol. The lowest BCUT2D eigenvalue weighted by atomic mass is 9.93. The third kappa shape index (κ3) is 5.11. The smallest absolute Gasteiger partial charge is 0.244 e. The van der Waals surface area contributed by atoms with Gasteiger partial charge in [-0.05, 0) is 82.4 Å². The molecule has 2 amide bonds. The summed E-state index contributed by atoms with van der Waals surface area (Å²) in [7, 11) is -3.80. The molecule has 3 saturated heterocycles. The monoisotopic (exact) mass is 547 g/mol. The average molecular weight is 548 g/mol. The van der Waals surface area contributed by atoms with Crippen molar-refractivity contribution in [2.24, 2.45) is 0 Å². The molecule has 3 heterocycles. The van der Waals surface area contributed by atoms with E-state index < -0.39 is 32.6 Å². The van der Waals surface area contributed by atoms with Gasteiger partial charge in [0.1, 0.15) is 11.6 Å². The second kappa shape index (κ2) is 10.2.